The van der Waals surface area contributed by atoms with Crippen molar-refractivity contribution >= 4 is 16.8 Å². The Morgan fingerprint density at radius 3 is 3.00 bits per heavy atom. The topological polar surface area (TPSA) is 74.0 Å². The molecule has 2 N–H and O–H groups in total. The summed E-state index contributed by atoms with van der Waals surface area (Å²) in [5.74, 6) is 0.490. The van der Waals surface area contributed by atoms with Gasteiger partial charge in [0.05, 0.1) is 0 Å². The van der Waals surface area contributed by atoms with E-state index in [2.05, 4.69) is 4.98 Å². The third-order valence-corrected chi connectivity index (χ3v) is 2.66. The van der Waals surface area contributed by atoms with Crippen LogP contribution in [0.5, 0.6) is 0 Å². The smallest absolute Gasteiger partial charge is 0.250 e. The van der Waals surface area contributed by atoms with Gasteiger partial charge in [0.15, 0.2) is 5.58 Å². The number of nitrogens with two attached hydrogens (primary N) is 1. The van der Waals surface area contributed by atoms with Crippen LogP contribution >= 0.6 is 0 Å². The summed E-state index contributed by atoms with van der Waals surface area (Å²) in [4.78, 5) is 15.9. The van der Waals surface area contributed by atoms with Gasteiger partial charge in [0.25, 0.3) is 5.56 Å². The third kappa shape index (κ3) is 1.86. The number of pyridine rings is 1. The molecule has 18 heavy (non-hydrogen) atoms. The predicted octanol–water partition coefficient (Wildman–Crippen LogP) is 1.62. The van der Waals surface area contributed by atoms with Gasteiger partial charge in [-0.1, -0.05) is 6.07 Å². The Balaban J connectivity index is 2.01. The van der Waals surface area contributed by atoms with E-state index in [-0.39, 0.29) is 5.56 Å². The summed E-state index contributed by atoms with van der Waals surface area (Å²) < 4.78 is 7.09. The second-order valence-electron chi connectivity index (χ2n) is 4.00. The van der Waals surface area contributed by atoms with Crippen LogP contribution in [0.25, 0.3) is 11.1 Å². The minimum Gasteiger partial charge on any atom is -0.439 e. The highest BCUT2D eigenvalue weighted by Crippen LogP contribution is 2.18. The molecule has 2 aromatic heterocycles. The Hall–Kier alpha value is -2.56. The zero-order valence-corrected chi connectivity index (χ0v) is 9.54. The van der Waals surface area contributed by atoms with Gasteiger partial charge < -0.3 is 14.7 Å². The number of nitrogens with zero attached hydrogens (tertiary/aromatic N) is 2. The average Bonchev–Trinajstić information content (AvgIpc) is 2.73. The molecule has 5 nitrogen and oxygen atoms in total. The lowest BCUT2D eigenvalue weighted by Crippen LogP contribution is -2.18. The van der Waals surface area contributed by atoms with Crippen LogP contribution in [0.4, 0.5) is 5.69 Å². The number of fused-ring (bicyclic) bond motifs is 1. The van der Waals surface area contributed by atoms with Crippen molar-refractivity contribution < 1.29 is 4.42 Å². The zero-order chi connectivity index (χ0) is 12.5. The maximum Gasteiger partial charge on any atom is 0.250 e. The van der Waals surface area contributed by atoms with E-state index in [0.29, 0.717) is 23.7 Å². The van der Waals surface area contributed by atoms with Crippen LogP contribution < -0.4 is 11.3 Å². The molecule has 0 amide bonds. The number of benzene rings is 1. The number of aromatic nitrogens is 2. The molecule has 0 aliphatic carbocycles. The summed E-state index contributed by atoms with van der Waals surface area (Å²) in [6, 6.07) is 10.3. The molecule has 0 radical (unpaired) electrons. The number of nitrogen functional groups attached to an aromatic ring is 1. The van der Waals surface area contributed by atoms with E-state index < -0.39 is 0 Å². The predicted molar refractivity (Wildman–Crippen MR) is 68.2 cm³/mol. The lowest BCUT2D eigenvalue weighted by atomic mass is 10.3. The summed E-state index contributed by atoms with van der Waals surface area (Å²) in [6.45, 7) is 0.314. The molecule has 0 spiro atoms. The molecule has 0 unspecified atom stereocenters. The summed E-state index contributed by atoms with van der Waals surface area (Å²) in [7, 11) is 0. The molecule has 0 atom stereocenters. The molecule has 3 rings (SSSR count). The quantitative estimate of drug-likeness (QED) is 0.692. The summed E-state index contributed by atoms with van der Waals surface area (Å²) in [5, 5.41) is 0. The van der Waals surface area contributed by atoms with Gasteiger partial charge in [0.1, 0.15) is 12.1 Å². The number of rotatable bonds is 2. The van der Waals surface area contributed by atoms with Crippen LogP contribution in [0.2, 0.25) is 0 Å². The average molecular weight is 241 g/mol. The van der Waals surface area contributed by atoms with E-state index in [0.717, 1.165) is 5.52 Å². The first-order valence-electron chi connectivity index (χ1n) is 5.53. The first-order chi connectivity index (χ1) is 8.72. The van der Waals surface area contributed by atoms with E-state index in [1.54, 1.807) is 36.5 Å². The van der Waals surface area contributed by atoms with E-state index in [1.807, 2.05) is 0 Å². The highest BCUT2D eigenvalue weighted by molar-refractivity contribution is 5.76. The maximum atomic E-state index is 11.6. The van der Waals surface area contributed by atoms with Crippen molar-refractivity contribution in [2.24, 2.45) is 0 Å². The standard InChI is InChI=1S/C13H11N3O2/c14-9-4-5-10-11(7-9)18-12(15-10)8-16-6-2-1-3-13(16)17/h1-7H,8,14H2. The minimum absolute atomic E-state index is 0.0840. The fourth-order valence-electron chi connectivity index (χ4n) is 1.79. The molecule has 2 heterocycles. The van der Waals surface area contributed by atoms with Crippen molar-refractivity contribution in [1.82, 2.24) is 9.55 Å². The lowest BCUT2D eigenvalue weighted by Gasteiger charge is -1.99. The zero-order valence-electron chi connectivity index (χ0n) is 9.54. The summed E-state index contributed by atoms with van der Waals surface area (Å²) >= 11 is 0. The van der Waals surface area contributed by atoms with Crippen LogP contribution in [0.1, 0.15) is 5.89 Å². The van der Waals surface area contributed by atoms with Crippen molar-refractivity contribution in [1.29, 1.82) is 0 Å². The van der Waals surface area contributed by atoms with Crippen LogP contribution in [0, 0.1) is 0 Å². The van der Waals surface area contributed by atoms with Gasteiger partial charge in [0.2, 0.25) is 5.89 Å². The normalized spacial score (nSPS) is 10.9. The fourth-order valence-corrected chi connectivity index (χ4v) is 1.79. The minimum atomic E-state index is -0.0840. The number of anilines is 1. The van der Waals surface area contributed by atoms with E-state index >= 15 is 0 Å². The highest BCUT2D eigenvalue weighted by atomic mass is 16.3. The Kier molecular flexibility index (Phi) is 2.37. The van der Waals surface area contributed by atoms with Gasteiger partial charge in [-0.2, -0.15) is 0 Å². The van der Waals surface area contributed by atoms with Crippen molar-refractivity contribution in [2.45, 2.75) is 6.54 Å². The van der Waals surface area contributed by atoms with Gasteiger partial charge in [0, 0.05) is 24.0 Å². The molecule has 0 aliphatic rings. The molecule has 0 fully saturated rings. The largest absolute Gasteiger partial charge is 0.439 e. The van der Waals surface area contributed by atoms with Gasteiger partial charge in [-0.25, -0.2) is 4.98 Å². The second-order valence-corrected chi connectivity index (χ2v) is 4.00. The second kappa shape index (κ2) is 4.03. The molecule has 90 valence electrons. The number of hydrogen-bond donors (Lipinski definition) is 1. The Labute approximate surface area is 102 Å². The Bertz CT molecular complexity index is 758. The van der Waals surface area contributed by atoms with Crippen LogP contribution in [-0.2, 0) is 6.54 Å². The summed E-state index contributed by atoms with van der Waals surface area (Å²) in [6.07, 6.45) is 1.70. The maximum absolute atomic E-state index is 11.6. The number of hydrogen-bond acceptors (Lipinski definition) is 4. The van der Waals surface area contributed by atoms with Gasteiger partial charge in [-0.05, 0) is 18.2 Å². The van der Waals surface area contributed by atoms with Gasteiger partial charge in [-0.15, -0.1) is 0 Å². The molecule has 0 saturated carbocycles. The fraction of sp³-hybridized carbons (Fsp3) is 0.0769. The monoisotopic (exact) mass is 241 g/mol. The van der Waals surface area contributed by atoms with Crippen LogP contribution in [0.15, 0.2) is 51.8 Å². The molecule has 1 aromatic carbocycles. The molecule has 0 saturated heterocycles. The molecule has 3 aromatic rings. The summed E-state index contributed by atoms with van der Waals surface area (Å²) in [5.41, 5.74) is 7.58. The van der Waals surface area contributed by atoms with Crippen molar-refractivity contribution in [2.75, 3.05) is 5.73 Å². The Morgan fingerprint density at radius 1 is 1.28 bits per heavy atom. The van der Waals surface area contributed by atoms with Crippen LogP contribution in [-0.4, -0.2) is 9.55 Å². The molecular weight excluding hydrogens is 230 g/mol. The van der Waals surface area contributed by atoms with E-state index in [1.165, 1.54) is 10.6 Å². The molecule has 5 heteroatoms. The number of oxazole rings is 1. The molecule has 0 bridgehead atoms. The third-order valence-electron chi connectivity index (χ3n) is 2.66. The first kappa shape index (κ1) is 10.6. The van der Waals surface area contributed by atoms with Crippen LogP contribution in [0.3, 0.4) is 0 Å². The van der Waals surface area contributed by atoms with Crippen molar-refractivity contribution in [3.8, 4) is 0 Å². The van der Waals surface area contributed by atoms with Crippen molar-refractivity contribution in [3.05, 3.63) is 58.8 Å². The van der Waals surface area contributed by atoms with E-state index in [9.17, 15) is 4.79 Å². The lowest BCUT2D eigenvalue weighted by molar-refractivity contribution is 0.504. The molecular formula is C13H11N3O2. The molecule has 0 aliphatic heterocycles. The van der Waals surface area contributed by atoms with Gasteiger partial charge in [-0.3, -0.25) is 4.79 Å². The van der Waals surface area contributed by atoms with E-state index in [4.69, 9.17) is 10.2 Å². The van der Waals surface area contributed by atoms with Crippen molar-refractivity contribution in [3.63, 3.8) is 0 Å². The van der Waals surface area contributed by atoms with Gasteiger partial charge >= 0.3 is 0 Å². The SMILES string of the molecule is Nc1ccc2nc(Cn3ccccc3=O)oc2c1. The first-order valence-corrected chi connectivity index (χ1v) is 5.53. The highest BCUT2D eigenvalue weighted by Gasteiger charge is 2.06. The Morgan fingerprint density at radius 2 is 2.17 bits per heavy atom.